The number of aryl methyl sites for hydroxylation is 1. The van der Waals surface area contributed by atoms with E-state index in [0.29, 0.717) is 5.56 Å². The maximum absolute atomic E-state index is 12.7. The Balaban J connectivity index is 1.48. The lowest BCUT2D eigenvalue weighted by atomic mass is 10.1. The number of hydrogen-bond acceptors (Lipinski definition) is 2. The van der Waals surface area contributed by atoms with Crippen molar-refractivity contribution in [3.05, 3.63) is 126 Å². The minimum absolute atomic E-state index is 0.138. The van der Waals surface area contributed by atoms with Gasteiger partial charge in [-0.15, -0.1) is 0 Å². The van der Waals surface area contributed by atoms with E-state index >= 15 is 0 Å². The van der Waals surface area contributed by atoms with Gasteiger partial charge in [0.1, 0.15) is 0 Å². The number of benzene rings is 4. The van der Waals surface area contributed by atoms with Gasteiger partial charge >= 0.3 is 0 Å². The van der Waals surface area contributed by atoms with Crippen LogP contribution in [0.4, 0.5) is 5.69 Å². The van der Waals surface area contributed by atoms with Gasteiger partial charge in [-0.3, -0.25) is 4.79 Å². The fourth-order valence-electron chi connectivity index (χ4n) is 3.82. The molecular weight excluding hydrogens is 406 g/mol. The van der Waals surface area contributed by atoms with Gasteiger partial charge in [0.15, 0.2) is 0 Å². The quantitative estimate of drug-likeness (QED) is 0.335. The summed E-state index contributed by atoms with van der Waals surface area (Å²) in [5, 5.41) is 7.85. The van der Waals surface area contributed by atoms with Gasteiger partial charge in [-0.25, -0.2) is 4.68 Å². The molecule has 0 unspecified atom stereocenters. The number of nitrogens with zero attached hydrogens (tertiary/aromatic N) is 2. The van der Waals surface area contributed by atoms with Crippen LogP contribution in [0.15, 0.2) is 115 Å². The van der Waals surface area contributed by atoms with E-state index in [0.717, 1.165) is 39.5 Å². The van der Waals surface area contributed by atoms with Crippen molar-refractivity contribution < 1.29 is 4.79 Å². The highest BCUT2D eigenvalue weighted by Gasteiger charge is 2.14. The fourth-order valence-corrected chi connectivity index (χ4v) is 3.82. The second-order valence-corrected chi connectivity index (χ2v) is 7.93. The van der Waals surface area contributed by atoms with Crippen LogP contribution in [0, 0.1) is 6.92 Å². The van der Waals surface area contributed by atoms with Crippen LogP contribution in [0.1, 0.15) is 15.9 Å². The summed E-state index contributed by atoms with van der Waals surface area (Å²) >= 11 is 0. The van der Waals surface area contributed by atoms with Crippen molar-refractivity contribution in [1.29, 1.82) is 0 Å². The summed E-state index contributed by atoms with van der Waals surface area (Å²) in [6.07, 6.45) is 0. The maximum Gasteiger partial charge on any atom is 0.255 e. The van der Waals surface area contributed by atoms with Gasteiger partial charge in [-0.1, -0.05) is 72.8 Å². The van der Waals surface area contributed by atoms with Crippen LogP contribution in [0.3, 0.4) is 0 Å². The molecule has 0 aliphatic rings. The minimum atomic E-state index is -0.138. The van der Waals surface area contributed by atoms with E-state index in [1.54, 1.807) is 0 Å². The molecule has 0 saturated carbocycles. The summed E-state index contributed by atoms with van der Waals surface area (Å²) in [6, 6.07) is 37.7. The minimum Gasteiger partial charge on any atom is -0.322 e. The summed E-state index contributed by atoms with van der Waals surface area (Å²) in [7, 11) is 0. The van der Waals surface area contributed by atoms with Gasteiger partial charge in [-0.2, -0.15) is 5.10 Å². The SMILES string of the molecule is Cc1cccc(NC(=O)c2ccc(-n3nc(-c4ccccc4)cc3-c3ccccc3)cc2)c1. The predicted molar refractivity (Wildman–Crippen MR) is 134 cm³/mol. The van der Waals surface area contributed by atoms with Gasteiger partial charge in [0, 0.05) is 22.4 Å². The Labute approximate surface area is 193 Å². The molecule has 1 amide bonds. The number of hydrogen-bond donors (Lipinski definition) is 1. The molecule has 0 bridgehead atoms. The summed E-state index contributed by atoms with van der Waals surface area (Å²) in [6.45, 7) is 2.00. The third kappa shape index (κ3) is 4.46. The predicted octanol–water partition coefficient (Wildman–Crippen LogP) is 6.77. The largest absolute Gasteiger partial charge is 0.322 e. The molecule has 4 nitrogen and oxygen atoms in total. The van der Waals surface area contributed by atoms with E-state index < -0.39 is 0 Å². The molecule has 0 spiro atoms. The number of rotatable bonds is 5. The molecule has 160 valence electrons. The van der Waals surface area contributed by atoms with Gasteiger partial charge in [0.2, 0.25) is 0 Å². The molecule has 0 aliphatic heterocycles. The van der Waals surface area contributed by atoms with Crippen LogP contribution in [-0.4, -0.2) is 15.7 Å². The highest BCUT2D eigenvalue weighted by molar-refractivity contribution is 6.04. The molecule has 1 aromatic heterocycles. The van der Waals surface area contributed by atoms with Gasteiger partial charge in [0.25, 0.3) is 5.91 Å². The number of carbonyl (C=O) groups excluding carboxylic acids is 1. The molecule has 0 radical (unpaired) electrons. The highest BCUT2D eigenvalue weighted by atomic mass is 16.1. The zero-order chi connectivity index (χ0) is 22.6. The molecule has 5 rings (SSSR count). The topological polar surface area (TPSA) is 46.9 Å². The van der Waals surface area contributed by atoms with Crippen molar-refractivity contribution in [3.8, 4) is 28.2 Å². The fraction of sp³-hybridized carbons (Fsp3) is 0.0345. The third-order valence-corrected chi connectivity index (χ3v) is 5.50. The van der Waals surface area contributed by atoms with Crippen LogP contribution >= 0.6 is 0 Å². The summed E-state index contributed by atoms with van der Waals surface area (Å²) < 4.78 is 1.93. The monoisotopic (exact) mass is 429 g/mol. The Bertz CT molecular complexity index is 1390. The van der Waals surface area contributed by atoms with Gasteiger partial charge in [-0.05, 0) is 55.0 Å². The smallest absolute Gasteiger partial charge is 0.255 e. The molecule has 1 N–H and O–H groups in total. The number of carbonyl (C=O) groups is 1. The molecule has 4 heteroatoms. The lowest BCUT2D eigenvalue weighted by molar-refractivity contribution is 0.102. The summed E-state index contributed by atoms with van der Waals surface area (Å²) in [4.78, 5) is 12.7. The van der Waals surface area contributed by atoms with Gasteiger partial charge < -0.3 is 5.32 Å². The van der Waals surface area contributed by atoms with Crippen LogP contribution < -0.4 is 5.32 Å². The number of aromatic nitrogens is 2. The van der Waals surface area contributed by atoms with E-state index in [4.69, 9.17) is 5.10 Å². The second-order valence-electron chi connectivity index (χ2n) is 7.93. The first-order valence-electron chi connectivity index (χ1n) is 10.9. The zero-order valence-corrected chi connectivity index (χ0v) is 18.3. The van der Waals surface area contributed by atoms with E-state index in [2.05, 4.69) is 35.6 Å². The van der Waals surface area contributed by atoms with E-state index in [1.807, 2.05) is 96.5 Å². The first kappa shape index (κ1) is 20.5. The first-order valence-corrected chi connectivity index (χ1v) is 10.9. The van der Waals surface area contributed by atoms with Crippen LogP contribution in [0.5, 0.6) is 0 Å². The molecule has 1 heterocycles. The molecule has 0 saturated heterocycles. The highest BCUT2D eigenvalue weighted by Crippen LogP contribution is 2.28. The van der Waals surface area contributed by atoms with Crippen molar-refractivity contribution in [2.75, 3.05) is 5.32 Å². The molecule has 0 aliphatic carbocycles. The maximum atomic E-state index is 12.7. The van der Waals surface area contributed by atoms with Crippen LogP contribution in [0.2, 0.25) is 0 Å². The normalized spacial score (nSPS) is 10.7. The van der Waals surface area contributed by atoms with Crippen LogP contribution in [-0.2, 0) is 0 Å². The van der Waals surface area contributed by atoms with E-state index in [9.17, 15) is 4.79 Å². The molecule has 5 aromatic rings. The molecule has 0 atom stereocenters. The Morgan fingerprint density at radius 1 is 0.727 bits per heavy atom. The Morgan fingerprint density at radius 2 is 1.39 bits per heavy atom. The third-order valence-electron chi connectivity index (χ3n) is 5.50. The van der Waals surface area contributed by atoms with Crippen molar-refractivity contribution in [1.82, 2.24) is 9.78 Å². The first-order chi connectivity index (χ1) is 16.2. The van der Waals surface area contributed by atoms with Crippen molar-refractivity contribution in [2.45, 2.75) is 6.92 Å². The average Bonchev–Trinajstić information content (AvgIpc) is 3.31. The summed E-state index contributed by atoms with van der Waals surface area (Å²) in [5.41, 5.74) is 7.40. The average molecular weight is 430 g/mol. The molecule has 4 aromatic carbocycles. The molecular formula is C29H23N3O. The lowest BCUT2D eigenvalue weighted by Gasteiger charge is -2.09. The van der Waals surface area contributed by atoms with Crippen molar-refractivity contribution in [3.63, 3.8) is 0 Å². The second kappa shape index (κ2) is 8.97. The standard InChI is InChI=1S/C29H23N3O/c1-21-9-8-14-25(19-21)30-29(33)24-15-17-26(18-16-24)32-28(23-12-6-3-7-13-23)20-27(31-32)22-10-4-2-5-11-22/h2-20H,1H3,(H,30,33). The number of nitrogens with one attached hydrogen (secondary N) is 1. The van der Waals surface area contributed by atoms with Gasteiger partial charge in [0.05, 0.1) is 17.1 Å². The zero-order valence-electron chi connectivity index (χ0n) is 18.3. The molecule has 0 fully saturated rings. The Morgan fingerprint density at radius 3 is 2.06 bits per heavy atom. The van der Waals surface area contributed by atoms with Crippen molar-refractivity contribution in [2.24, 2.45) is 0 Å². The lowest BCUT2D eigenvalue weighted by Crippen LogP contribution is -2.12. The number of anilines is 1. The van der Waals surface area contributed by atoms with Crippen LogP contribution in [0.25, 0.3) is 28.2 Å². The van der Waals surface area contributed by atoms with E-state index in [-0.39, 0.29) is 5.91 Å². The molecule has 33 heavy (non-hydrogen) atoms. The number of amides is 1. The van der Waals surface area contributed by atoms with E-state index in [1.165, 1.54) is 0 Å². The Hall–Kier alpha value is -4.44. The van der Waals surface area contributed by atoms with Crippen molar-refractivity contribution >= 4 is 11.6 Å². The summed E-state index contributed by atoms with van der Waals surface area (Å²) in [5.74, 6) is -0.138. The Kier molecular flexibility index (Phi) is 5.56.